The predicted molar refractivity (Wildman–Crippen MR) is 62.4 cm³/mol. The maximum absolute atomic E-state index is 11.0. The highest BCUT2D eigenvalue weighted by atomic mass is 16.4. The standard InChI is InChI=1S/C12H22N2O2/c1-8(14(2)10-5-6-10)7-13-11(12(15)16)9-3-4-9/h8-11,13H,3-7H2,1-2H3,(H,15,16). The lowest BCUT2D eigenvalue weighted by atomic mass is 10.1. The summed E-state index contributed by atoms with van der Waals surface area (Å²) in [5.74, 6) is -0.320. The van der Waals surface area contributed by atoms with E-state index in [1.807, 2.05) is 0 Å². The number of rotatable bonds is 7. The van der Waals surface area contributed by atoms with Crippen molar-refractivity contribution in [2.75, 3.05) is 13.6 Å². The van der Waals surface area contributed by atoms with Crippen molar-refractivity contribution in [3.63, 3.8) is 0 Å². The summed E-state index contributed by atoms with van der Waals surface area (Å²) in [7, 11) is 2.14. The highest BCUT2D eigenvalue weighted by Gasteiger charge is 2.36. The molecule has 0 aromatic rings. The summed E-state index contributed by atoms with van der Waals surface area (Å²) in [6, 6.07) is 0.837. The van der Waals surface area contributed by atoms with E-state index < -0.39 is 5.97 Å². The molecular formula is C12H22N2O2. The number of hydrogen-bond acceptors (Lipinski definition) is 3. The topological polar surface area (TPSA) is 52.6 Å². The molecule has 0 aliphatic heterocycles. The molecule has 0 radical (unpaired) electrons. The Labute approximate surface area is 97.0 Å². The average molecular weight is 226 g/mol. The van der Waals surface area contributed by atoms with Gasteiger partial charge in [0.1, 0.15) is 6.04 Å². The minimum Gasteiger partial charge on any atom is -0.480 e. The van der Waals surface area contributed by atoms with Crippen LogP contribution in [-0.4, -0.2) is 47.7 Å². The van der Waals surface area contributed by atoms with Gasteiger partial charge in [-0.05, 0) is 45.6 Å². The third kappa shape index (κ3) is 2.95. The monoisotopic (exact) mass is 226 g/mol. The molecule has 0 aromatic carbocycles. The van der Waals surface area contributed by atoms with E-state index in [2.05, 4.69) is 24.2 Å². The van der Waals surface area contributed by atoms with Crippen molar-refractivity contribution < 1.29 is 9.90 Å². The Hall–Kier alpha value is -0.610. The highest BCUT2D eigenvalue weighted by Crippen LogP contribution is 2.33. The van der Waals surface area contributed by atoms with Gasteiger partial charge in [0, 0.05) is 18.6 Å². The third-order valence-electron chi connectivity index (χ3n) is 3.81. The van der Waals surface area contributed by atoms with Crippen molar-refractivity contribution >= 4 is 5.97 Å². The van der Waals surface area contributed by atoms with Crippen LogP contribution in [0.5, 0.6) is 0 Å². The van der Waals surface area contributed by atoms with Gasteiger partial charge in [0.15, 0.2) is 0 Å². The van der Waals surface area contributed by atoms with Crippen LogP contribution in [0, 0.1) is 5.92 Å². The van der Waals surface area contributed by atoms with E-state index in [0.29, 0.717) is 12.0 Å². The molecule has 0 aromatic heterocycles. The van der Waals surface area contributed by atoms with Crippen molar-refractivity contribution in [1.29, 1.82) is 0 Å². The summed E-state index contributed by atoms with van der Waals surface area (Å²) in [6.45, 7) is 2.94. The molecule has 0 heterocycles. The third-order valence-corrected chi connectivity index (χ3v) is 3.81. The molecule has 0 bridgehead atoms. The van der Waals surface area contributed by atoms with Crippen LogP contribution in [0.3, 0.4) is 0 Å². The minimum absolute atomic E-state index is 0.324. The lowest BCUT2D eigenvalue weighted by Gasteiger charge is -2.26. The molecule has 92 valence electrons. The average Bonchev–Trinajstić information content (AvgIpc) is 3.07. The zero-order chi connectivity index (χ0) is 11.7. The Morgan fingerprint density at radius 1 is 1.44 bits per heavy atom. The first kappa shape index (κ1) is 11.9. The summed E-state index contributed by atoms with van der Waals surface area (Å²) < 4.78 is 0. The summed E-state index contributed by atoms with van der Waals surface area (Å²) in [5, 5.41) is 12.3. The number of nitrogens with zero attached hydrogens (tertiary/aromatic N) is 1. The molecule has 2 N–H and O–H groups in total. The van der Waals surface area contributed by atoms with E-state index in [0.717, 1.165) is 25.4 Å². The number of aliphatic carboxylic acids is 1. The normalized spacial score (nSPS) is 24.4. The van der Waals surface area contributed by atoms with Crippen molar-refractivity contribution in [2.45, 2.75) is 50.7 Å². The molecule has 2 unspecified atom stereocenters. The fraction of sp³-hybridized carbons (Fsp3) is 0.917. The van der Waals surface area contributed by atoms with E-state index in [-0.39, 0.29) is 6.04 Å². The van der Waals surface area contributed by atoms with Crippen LogP contribution in [0.25, 0.3) is 0 Å². The van der Waals surface area contributed by atoms with Crippen molar-refractivity contribution in [3.05, 3.63) is 0 Å². The van der Waals surface area contributed by atoms with Crippen LogP contribution in [0.2, 0.25) is 0 Å². The molecule has 2 fully saturated rings. The first-order chi connectivity index (χ1) is 7.59. The van der Waals surface area contributed by atoms with Crippen molar-refractivity contribution in [3.8, 4) is 0 Å². The summed E-state index contributed by atoms with van der Waals surface area (Å²) in [4.78, 5) is 13.4. The second-order valence-corrected chi connectivity index (χ2v) is 5.31. The highest BCUT2D eigenvalue weighted by molar-refractivity contribution is 5.74. The Kier molecular flexibility index (Phi) is 3.50. The zero-order valence-electron chi connectivity index (χ0n) is 10.1. The predicted octanol–water partition coefficient (Wildman–Crippen LogP) is 0.922. The molecular weight excluding hydrogens is 204 g/mol. The summed E-state index contributed by atoms with van der Waals surface area (Å²) >= 11 is 0. The van der Waals surface area contributed by atoms with E-state index >= 15 is 0 Å². The Balaban J connectivity index is 1.73. The van der Waals surface area contributed by atoms with Crippen LogP contribution in [0.15, 0.2) is 0 Å². The maximum Gasteiger partial charge on any atom is 0.320 e. The van der Waals surface area contributed by atoms with Gasteiger partial charge in [0.2, 0.25) is 0 Å². The molecule has 2 atom stereocenters. The number of carbonyl (C=O) groups is 1. The van der Waals surface area contributed by atoms with Gasteiger partial charge in [-0.2, -0.15) is 0 Å². The molecule has 2 rings (SSSR count). The number of hydrogen-bond donors (Lipinski definition) is 2. The lowest BCUT2D eigenvalue weighted by molar-refractivity contribution is -0.140. The molecule has 16 heavy (non-hydrogen) atoms. The van der Waals surface area contributed by atoms with Crippen LogP contribution in [0.4, 0.5) is 0 Å². The minimum atomic E-state index is -0.691. The van der Waals surface area contributed by atoms with Crippen molar-refractivity contribution in [1.82, 2.24) is 10.2 Å². The van der Waals surface area contributed by atoms with Crippen LogP contribution >= 0.6 is 0 Å². The SMILES string of the molecule is CC(CNC(C(=O)O)C1CC1)N(C)C1CC1. The molecule has 0 saturated heterocycles. The van der Waals surface area contributed by atoms with Gasteiger partial charge < -0.3 is 10.4 Å². The largest absolute Gasteiger partial charge is 0.480 e. The number of likely N-dealkylation sites (N-methyl/N-ethyl adjacent to an activating group) is 1. The fourth-order valence-electron chi connectivity index (χ4n) is 2.17. The Morgan fingerprint density at radius 2 is 2.06 bits per heavy atom. The Morgan fingerprint density at radius 3 is 2.50 bits per heavy atom. The van der Waals surface area contributed by atoms with Gasteiger partial charge in [-0.15, -0.1) is 0 Å². The first-order valence-electron chi connectivity index (χ1n) is 6.27. The van der Waals surface area contributed by atoms with E-state index in [9.17, 15) is 4.79 Å². The van der Waals surface area contributed by atoms with E-state index in [1.165, 1.54) is 12.8 Å². The first-order valence-corrected chi connectivity index (χ1v) is 6.27. The van der Waals surface area contributed by atoms with Gasteiger partial charge >= 0.3 is 5.97 Å². The van der Waals surface area contributed by atoms with Crippen LogP contribution in [-0.2, 0) is 4.79 Å². The zero-order valence-corrected chi connectivity index (χ0v) is 10.1. The number of nitrogens with one attached hydrogen (secondary N) is 1. The number of carboxylic acid groups (broad SMARTS) is 1. The van der Waals surface area contributed by atoms with Crippen molar-refractivity contribution in [2.24, 2.45) is 5.92 Å². The van der Waals surface area contributed by atoms with Crippen LogP contribution in [0.1, 0.15) is 32.6 Å². The van der Waals surface area contributed by atoms with Gasteiger partial charge in [0.05, 0.1) is 0 Å². The fourth-order valence-corrected chi connectivity index (χ4v) is 2.17. The quantitative estimate of drug-likeness (QED) is 0.678. The van der Waals surface area contributed by atoms with Gasteiger partial charge in [0.25, 0.3) is 0 Å². The number of carboxylic acids is 1. The summed E-state index contributed by atoms with van der Waals surface area (Å²) in [6.07, 6.45) is 4.73. The summed E-state index contributed by atoms with van der Waals surface area (Å²) in [5.41, 5.74) is 0. The smallest absolute Gasteiger partial charge is 0.320 e. The van der Waals surface area contributed by atoms with Gasteiger partial charge in [-0.25, -0.2) is 0 Å². The second kappa shape index (κ2) is 4.72. The maximum atomic E-state index is 11.0. The molecule has 4 nitrogen and oxygen atoms in total. The van der Waals surface area contributed by atoms with E-state index in [1.54, 1.807) is 0 Å². The lowest BCUT2D eigenvalue weighted by Crippen LogP contribution is -2.46. The molecule has 2 aliphatic carbocycles. The molecule has 2 saturated carbocycles. The molecule has 4 heteroatoms. The molecule has 2 aliphatic rings. The van der Waals surface area contributed by atoms with Gasteiger partial charge in [-0.1, -0.05) is 0 Å². The van der Waals surface area contributed by atoms with E-state index in [4.69, 9.17) is 5.11 Å². The molecule has 0 amide bonds. The Bertz CT molecular complexity index is 262. The molecule has 0 spiro atoms. The van der Waals surface area contributed by atoms with Crippen LogP contribution < -0.4 is 5.32 Å². The second-order valence-electron chi connectivity index (χ2n) is 5.31. The van der Waals surface area contributed by atoms with Gasteiger partial charge in [-0.3, -0.25) is 9.69 Å².